The quantitative estimate of drug-likeness (QED) is 0.268. The van der Waals surface area contributed by atoms with Gasteiger partial charge in [0.15, 0.2) is 23.2 Å². The number of ether oxygens (including phenoxy) is 1. The van der Waals surface area contributed by atoms with Gasteiger partial charge in [-0.3, -0.25) is 0 Å². The maximum absolute atomic E-state index is 14.9. The van der Waals surface area contributed by atoms with E-state index < -0.39 is 23.3 Å². The van der Waals surface area contributed by atoms with Crippen LogP contribution in [-0.4, -0.2) is 7.11 Å². The van der Waals surface area contributed by atoms with Gasteiger partial charge >= 0.3 is 0 Å². The molecular weight excluding hydrogens is 428 g/mol. The molecule has 2 saturated carbocycles. The van der Waals surface area contributed by atoms with Crippen molar-refractivity contribution in [2.75, 3.05) is 7.11 Å². The van der Waals surface area contributed by atoms with E-state index in [1.165, 1.54) is 82.7 Å². The number of unbranched alkanes of at least 4 members (excludes halogenated alkanes) is 2. The third-order valence-corrected chi connectivity index (χ3v) is 8.18. The summed E-state index contributed by atoms with van der Waals surface area (Å²) in [6.07, 6.45) is 11.6. The molecule has 4 atom stereocenters. The van der Waals surface area contributed by atoms with E-state index in [1.54, 1.807) is 0 Å². The van der Waals surface area contributed by atoms with Gasteiger partial charge in [-0.2, -0.15) is 4.39 Å². The van der Waals surface area contributed by atoms with Gasteiger partial charge in [0.1, 0.15) is 0 Å². The Morgan fingerprint density at radius 3 is 1.97 bits per heavy atom. The zero-order valence-electron chi connectivity index (χ0n) is 19.6. The molecule has 0 aromatic heterocycles. The summed E-state index contributed by atoms with van der Waals surface area (Å²) in [5.74, 6) is -1.86. The van der Waals surface area contributed by atoms with Gasteiger partial charge in [0.2, 0.25) is 5.82 Å². The zero-order valence-corrected chi connectivity index (χ0v) is 19.6. The molecule has 2 fully saturated rings. The van der Waals surface area contributed by atoms with E-state index in [0.717, 1.165) is 24.2 Å². The highest BCUT2D eigenvalue weighted by atomic mass is 19.2. The second-order valence-corrected chi connectivity index (χ2v) is 9.88. The van der Waals surface area contributed by atoms with E-state index in [4.69, 9.17) is 4.74 Å². The standard InChI is InChI=1S/C28H34F4O/c1-3-4-5-6-17-9-12-21-18(10-13-20(17)21)7-8-19-11-14-22(26(30)25(19)29)23-15-16-24(33-2)28(32)27(23)31/h11,14-18,20-21H,3-10,12-13H2,1-2H3. The van der Waals surface area contributed by atoms with Gasteiger partial charge in [0, 0.05) is 11.1 Å². The van der Waals surface area contributed by atoms with Crippen LogP contribution in [0.5, 0.6) is 5.75 Å². The summed E-state index contributed by atoms with van der Waals surface area (Å²) in [6.45, 7) is 2.24. The molecular formula is C28H34F4O. The Bertz CT molecular complexity index is 973. The lowest BCUT2D eigenvalue weighted by molar-refractivity contribution is 0.290. The third-order valence-electron chi connectivity index (χ3n) is 8.18. The highest BCUT2D eigenvalue weighted by molar-refractivity contribution is 5.66. The van der Waals surface area contributed by atoms with Crippen molar-refractivity contribution in [1.29, 1.82) is 0 Å². The Hall–Kier alpha value is -2.04. The first-order valence-electron chi connectivity index (χ1n) is 12.4. The minimum atomic E-state index is -1.24. The lowest BCUT2D eigenvalue weighted by Gasteiger charge is -2.21. The molecule has 180 valence electrons. The summed E-state index contributed by atoms with van der Waals surface area (Å²) in [5, 5.41) is 0. The van der Waals surface area contributed by atoms with Crippen LogP contribution in [0.3, 0.4) is 0 Å². The molecule has 0 amide bonds. The van der Waals surface area contributed by atoms with Crippen LogP contribution < -0.4 is 4.74 Å². The van der Waals surface area contributed by atoms with Crippen LogP contribution in [0.15, 0.2) is 24.3 Å². The highest BCUT2D eigenvalue weighted by Gasteiger charge is 2.43. The van der Waals surface area contributed by atoms with Crippen molar-refractivity contribution in [2.45, 2.75) is 71.1 Å². The van der Waals surface area contributed by atoms with Crippen LogP contribution in [0.25, 0.3) is 11.1 Å². The van der Waals surface area contributed by atoms with Crippen LogP contribution in [0.1, 0.15) is 70.3 Å². The molecule has 2 aromatic carbocycles. The average molecular weight is 463 g/mol. The summed E-state index contributed by atoms with van der Waals surface area (Å²) in [5.41, 5.74) is -0.275. The number of halogens is 4. The number of methoxy groups -OCH3 is 1. The van der Waals surface area contributed by atoms with Crippen molar-refractivity contribution in [3.63, 3.8) is 0 Å². The molecule has 0 aliphatic heterocycles. The molecule has 4 rings (SSSR count). The molecule has 0 spiro atoms. The lowest BCUT2D eigenvalue weighted by atomic mass is 9.84. The number of rotatable bonds is 9. The summed E-state index contributed by atoms with van der Waals surface area (Å²) in [4.78, 5) is 0. The summed E-state index contributed by atoms with van der Waals surface area (Å²) >= 11 is 0. The first-order valence-corrected chi connectivity index (χ1v) is 12.4. The molecule has 2 aliphatic carbocycles. The monoisotopic (exact) mass is 462 g/mol. The van der Waals surface area contributed by atoms with Gasteiger partial charge < -0.3 is 4.74 Å². The van der Waals surface area contributed by atoms with Crippen molar-refractivity contribution < 1.29 is 22.3 Å². The van der Waals surface area contributed by atoms with Crippen molar-refractivity contribution in [3.05, 3.63) is 53.1 Å². The number of hydrogen-bond acceptors (Lipinski definition) is 1. The van der Waals surface area contributed by atoms with Crippen LogP contribution in [0.2, 0.25) is 0 Å². The molecule has 0 N–H and O–H groups in total. The van der Waals surface area contributed by atoms with E-state index >= 15 is 0 Å². The Kier molecular flexibility index (Phi) is 7.65. The number of benzene rings is 2. The molecule has 0 bridgehead atoms. The third kappa shape index (κ3) is 4.79. The lowest BCUT2D eigenvalue weighted by Crippen LogP contribution is -2.14. The normalized spacial score (nSPS) is 24.3. The van der Waals surface area contributed by atoms with Crippen molar-refractivity contribution in [2.24, 2.45) is 23.7 Å². The Balaban J connectivity index is 1.43. The fraction of sp³-hybridized carbons (Fsp3) is 0.571. The Morgan fingerprint density at radius 2 is 1.33 bits per heavy atom. The van der Waals surface area contributed by atoms with Crippen molar-refractivity contribution in [3.8, 4) is 16.9 Å². The fourth-order valence-corrected chi connectivity index (χ4v) is 6.44. The smallest absolute Gasteiger partial charge is 0.201 e. The number of fused-ring (bicyclic) bond motifs is 1. The van der Waals surface area contributed by atoms with Crippen LogP contribution >= 0.6 is 0 Å². The van der Waals surface area contributed by atoms with Gasteiger partial charge in [-0.15, -0.1) is 0 Å². The highest BCUT2D eigenvalue weighted by Crippen LogP contribution is 2.53. The predicted octanol–water partition coefficient (Wildman–Crippen LogP) is 8.48. The summed E-state index contributed by atoms with van der Waals surface area (Å²) < 4.78 is 63.0. The molecule has 0 heterocycles. The van der Waals surface area contributed by atoms with E-state index in [9.17, 15) is 17.6 Å². The first kappa shape index (κ1) is 24.1. The van der Waals surface area contributed by atoms with Gasteiger partial charge in [0.05, 0.1) is 7.11 Å². The van der Waals surface area contributed by atoms with E-state index in [0.29, 0.717) is 17.9 Å². The second-order valence-electron chi connectivity index (χ2n) is 9.88. The molecule has 0 radical (unpaired) electrons. The van der Waals surface area contributed by atoms with Crippen molar-refractivity contribution in [1.82, 2.24) is 0 Å². The molecule has 0 saturated heterocycles. The Labute approximate surface area is 194 Å². The molecule has 5 heteroatoms. The zero-order chi connectivity index (χ0) is 23.5. The minimum absolute atomic E-state index is 0.275. The van der Waals surface area contributed by atoms with E-state index in [2.05, 4.69) is 6.92 Å². The van der Waals surface area contributed by atoms with Crippen LogP contribution in [0, 0.1) is 46.9 Å². The van der Waals surface area contributed by atoms with Crippen LogP contribution in [0.4, 0.5) is 17.6 Å². The molecule has 4 unspecified atom stereocenters. The predicted molar refractivity (Wildman–Crippen MR) is 123 cm³/mol. The van der Waals surface area contributed by atoms with Crippen molar-refractivity contribution >= 4 is 0 Å². The SMILES string of the molecule is CCCCCC1CCC2C(CCc3ccc(-c4ccc(OC)c(F)c4F)c(F)c3F)CCC12. The number of hydrogen-bond donors (Lipinski definition) is 0. The fourth-order valence-electron chi connectivity index (χ4n) is 6.44. The topological polar surface area (TPSA) is 9.23 Å². The largest absolute Gasteiger partial charge is 0.494 e. The minimum Gasteiger partial charge on any atom is -0.494 e. The average Bonchev–Trinajstić information content (AvgIpc) is 3.40. The van der Waals surface area contributed by atoms with Gasteiger partial charge in [0.25, 0.3) is 0 Å². The maximum atomic E-state index is 14.9. The molecule has 1 nitrogen and oxygen atoms in total. The number of aryl methyl sites for hydroxylation is 1. The summed E-state index contributed by atoms with van der Waals surface area (Å²) in [6, 6.07) is 5.30. The first-order chi connectivity index (χ1) is 16.0. The van der Waals surface area contributed by atoms with E-state index in [1.807, 2.05) is 0 Å². The van der Waals surface area contributed by atoms with Gasteiger partial charge in [-0.25, -0.2) is 13.2 Å². The Morgan fingerprint density at radius 1 is 0.727 bits per heavy atom. The van der Waals surface area contributed by atoms with Gasteiger partial charge in [-0.1, -0.05) is 44.7 Å². The molecule has 2 aliphatic rings. The summed E-state index contributed by atoms with van der Waals surface area (Å²) in [7, 11) is 1.22. The van der Waals surface area contributed by atoms with Gasteiger partial charge in [-0.05, 0) is 79.9 Å². The van der Waals surface area contributed by atoms with E-state index in [-0.39, 0.29) is 16.9 Å². The maximum Gasteiger partial charge on any atom is 0.201 e. The van der Waals surface area contributed by atoms with Crippen LogP contribution in [-0.2, 0) is 6.42 Å². The second kappa shape index (κ2) is 10.5. The molecule has 2 aromatic rings. The molecule has 33 heavy (non-hydrogen) atoms.